The lowest BCUT2D eigenvalue weighted by Gasteiger charge is -2.21. The SMILES string of the molecule is O=C(Nc1ccccc1)OC[C@H]1COC(=O)N1c1ccccc1. The van der Waals surface area contributed by atoms with E-state index < -0.39 is 12.2 Å². The maximum Gasteiger partial charge on any atom is 0.414 e. The van der Waals surface area contributed by atoms with Gasteiger partial charge in [0.1, 0.15) is 19.3 Å². The molecule has 1 saturated heterocycles. The first-order chi connectivity index (χ1) is 11.2. The zero-order valence-electron chi connectivity index (χ0n) is 12.3. The second-order valence-electron chi connectivity index (χ2n) is 5.03. The van der Waals surface area contributed by atoms with Gasteiger partial charge >= 0.3 is 12.2 Å². The van der Waals surface area contributed by atoms with Crippen molar-refractivity contribution in [2.24, 2.45) is 0 Å². The summed E-state index contributed by atoms with van der Waals surface area (Å²) in [6.07, 6.45) is -1.00. The van der Waals surface area contributed by atoms with Gasteiger partial charge in [-0.2, -0.15) is 0 Å². The predicted octanol–water partition coefficient (Wildman–Crippen LogP) is 3.26. The van der Waals surface area contributed by atoms with E-state index in [2.05, 4.69) is 5.32 Å². The number of amides is 2. The van der Waals surface area contributed by atoms with E-state index in [0.29, 0.717) is 11.4 Å². The van der Waals surface area contributed by atoms with Gasteiger partial charge in [0.15, 0.2) is 0 Å². The number of nitrogens with zero attached hydrogens (tertiary/aromatic N) is 1. The molecule has 0 spiro atoms. The van der Waals surface area contributed by atoms with Gasteiger partial charge in [-0.05, 0) is 24.3 Å². The van der Waals surface area contributed by atoms with Gasteiger partial charge in [-0.3, -0.25) is 10.2 Å². The highest BCUT2D eigenvalue weighted by Crippen LogP contribution is 2.22. The third-order valence-corrected chi connectivity index (χ3v) is 3.42. The van der Waals surface area contributed by atoms with Gasteiger partial charge < -0.3 is 9.47 Å². The first-order valence-corrected chi connectivity index (χ1v) is 7.24. The quantitative estimate of drug-likeness (QED) is 0.941. The molecule has 23 heavy (non-hydrogen) atoms. The number of hydrogen-bond donors (Lipinski definition) is 1. The number of para-hydroxylation sites is 2. The summed E-state index contributed by atoms with van der Waals surface area (Å²) in [5.41, 5.74) is 1.36. The van der Waals surface area contributed by atoms with Crippen molar-refractivity contribution in [2.75, 3.05) is 23.4 Å². The zero-order valence-corrected chi connectivity index (χ0v) is 12.3. The van der Waals surface area contributed by atoms with E-state index in [-0.39, 0.29) is 19.3 Å². The average molecular weight is 312 g/mol. The van der Waals surface area contributed by atoms with Gasteiger partial charge in [0.2, 0.25) is 0 Å². The van der Waals surface area contributed by atoms with Crippen molar-refractivity contribution in [3.63, 3.8) is 0 Å². The molecule has 1 heterocycles. The molecule has 0 aromatic heterocycles. The summed E-state index contributed by atoms with van der Waals surface area (Å²) >= 11 is 0. The molecule has 1 atom stereocenters. The first kappa shape index (κ1) is 14.9. The van der Waals surface area contributed by atoms with Crippen LogP contribution >= 0.6 is 0 Å². The third kappa shape index (κ3) is 3.60. The molecule has 1 N–H and O–H groups in total. The fraction of sp³-hybridized carbons (Fsp3) is 0.176. The number of anilines is 2. The molecule has 2 amide bonds. The van der Waals surface area contributed by atoms with Gasteiger partial charge in [0.05, 0.1) is 0 Å². The molecule has 0 unspecified atom stereocenters. The highest BCUT2D eigenvalue weighted by Gasteiger charge is 2.35. The van der Waals surface area contributed by atoms with Crippen LogP contribution in [0, 0.1) is 0 Å². The Labute approximate surface area is 133 Å². The fourth-order valence-corrected chi connectivity index (χ4v) is 2.34. The van der Waals surface area contributed by atoms with Crippen LogP contribution in [0.1, 0.15) is 0 Å². The number of cyclic esters (lactones) is 1. The zero-order chi connectivity index (χ0) is 16.1. The van der Waals surface area contributed by atoms with Gasteiger partial charge in [-0.1, -0.05) is 36.4 Å². The topological polar surface area (TPSA) is 67.9 Å². The van der Waals surface area contributed by atoms with E-state index in [9.17, 15) is 9.59 Å². The standard InChI is InChI=1S/C17H16N2O4/c20-16(18-13-7-3-1-4-8-13)22-11-15-12-23-17(21)19(15)14-9-5-2-6-10-14/h1-10,15H,11-12H2,(H,18,20)/t15-/m0/s1. The first-order valence-electron chi connectivity index (χ1n) is 7.24. The van der Waals surface area contributed by atoms with Crippen molar-refractivity contribution in [3.8, 4) is 0 Å². The van der Waals surface area contributed by atoms with Crippen LogP contribution in [0.25, 0.3) is 0 Å². The molecule has 0 aliphatic carbocycles. The van der Waals surface area contributed by atoms with Crippen LogP contribution in [0.4, 0.5) is 21.0 Å². The number of hydrogen-bond acceptors (Lipinski definition) is 4. The monoisotopic (exact) mass is 312 g/mol. The number of benzene rings is 2. The van der Waals surface area contributed by atoms with Gasteiger partial charge in [-0.25, -0.2) is 9.59 Å². The van der Waals surface area contributed by atoms with Crippen LogP contribution < -0.4 is 10.2 Å². The second kappa shape index (κ2) is 6.83. The number of carbonyl (C=O) groups is 2. The number of carbonyl (C=O) groups excluding carboxylic acids is 2. The summed E-state index contributed by atoms with van der Waals surface area (Å²) in [6.45, 7) is 0.242. The van der Waals surface area contributed by atoms with Crippen LogP contribution in [0.2, 0.25) is 0 Å². The minimum Gasteiger partial charge on any atom is -0.447 e. The minimum absolute atomic E-state index is 0.0549. The van der Waals surface area contributed by atoms with Crippen LogP contribution in [-0.2, 0) is 9.47 Å². The van der Waals surface area contributed by atoms with E-state index in [1.807, 2.05) is 48.5 Å². The Morgan fingerprint density at radius 2 is 1.78 bits per heavy atom. The lowest BCUT2D eigenvalue weighted by Crippen LogP contribution is -2.38. The largest absolute Gasteiger partial charge is 0.447 e. The molecular formula is C17H16N2O4. The molecular weight excluding hydrogens is 296 g/mol. The minimum atomic E-state index is -0.566. The Balaban J connectivity index is 1.59. The maximum absolute atomic E-state index is 11.9. The molecule has 6 nitrogen and oxygen atoms in total. The predicted molar refractivity (Wildman–Crippen MR) is 85.5 cm³/mol. The lowest BCUT2D eigenvalue weighted by molar-refractivity contribution is 0.146. The van der Waals surface area contributed by atoms with Crippen molar-refractivity contribution < 1.29 is 19.1 Å². The van der Waals surface area contributed by atoms with E-state index in [0.717, 1.165) is 0 Å². The fourth-order valence-electron chi connectivity index (χ4n) is 2.34. The highest BCUT2D eigenvalue weighted by molar-refractivity contribution is 5.90. The van der Waals surface area contributed by atoms with Crippen LogP contribution in [0.5, 0.6) is 0 Å². The van der Waals surface area contributed by atoms with Gasteiger partial charge in [0.25, 0.3) is 0 Å². The molecule has 2 aromatic rings. The maximum atomic E-state index is 11.9. The summed E-state index contributed by atoms with van der Waals surface area (Å²) in [5.74, 6) is 0. The van der Waals surface area contributed by atoms with E-state index in [4.69, 9.17) is 9.47 Å². The van der Waals surface area contributed by atoms with Crippen LogP contribution in [0.3, 0.4) is 0 Å². The average Bonchev–Trinajstić information content (AvgIpc) is 2.95. The van der Waals surface area contributed by atoms with E-state index >= 15 is 0 Å². The normalized spacial score (nSPS) is 16.8. The number of ether oxygens (including phenoxy) is 2. The molecule has 0 bridgehead atoms. The molecule has 0 saturated carbocycles. The van der Waals surface area contributed by atoms with Crippen molar-refractivity contribution in [1.29, 1.82) is 0 Å². The van der Waals surface area contributed by atoms with Crippen molar-refractivity contribution in [2.45, 2.75) is 6.04 Å². The smallest absolute Gasteiger partial charge is 0.414 e. The Hall–Kier alpha value is -3.02. The lowest BCUT2D eigenvalue weighted by atomic mass is 10.2. The van der Waals surface area contributed by atoms with Crippen molar-refractivity contribution in [3.05, 3.63) is 60.7 Å². The van der Waals surface area contributed by atoms with Crippen LogP contribution in [-0.4, -0.2) is 31.4 Å². The molecule has 1 aliphatic rings. The van der Waals surface area contributed by atoms with Crippen LogP contribution in [0.15, 0.2) is 60.7 Å². The molecule has 1 aliphatic heterocycles. The van der Waals surface area contributed by atoms with Crippen molar-refractivity contribution >= 4 is 23.6 Å². The third-order valence-electron chi connectivity index (χ3n) is 3.42. The summed E-state index contributed by atoms with van der Waals surface area (Å²) in [5, 5.41) is 2.63. The Bertz CT molecular complexity index is 676. The molecule has 6 heteroatoms. The van der Waals surface area contributed by atoms with E-state index in [1.54, 1.807) is 12.1 Å². The Kier molecular flexibility index (Phi) is 4.42. The summed E-state index contributed by atoms with van der Waals surface area (Å²) in [7, 11) is 0. The Morgan fingerprint density at radius 1 is 1.13 bits per heavy atom. The summed E-state index contributed by atoms with van der Waals surface area (Å²) < 4.78 is 10.3. The van der Waals surface area contributed by atoms with Crippen molar-refractivity contribution in [1.82, 2.24) is 0 Å². The summed E-state index contributed by atoms with van der Waals surface area (Å²) in [4.78, 5) is 25.2. The van der Waals surface area contributed by atoms with Gasteiger partial charge in [-0.15, -0.1) is 0 Å². The van der Waals surface area contributed by atoms with Gasteiger partial charge in [0, 0.05) is 11.4 Å². The summed E-state index contributed by atoms with van der Waals surface area (Å²) in [6, 6.07) is 17.8. The molecule has 0 radical (unpaired) electrons. The molecule has 1 fully saturated rings. The number of rotatable bonds is 4. The highest BCUT2D eigenvalue weighted by atomic mass is 16.6. The molecule has 118 valence electrons. The molecule has 3 rings (SSSR count). The van der Waals surface area contributed by atoms with E-state index in [1.165, 1.54) is 4.90 Å². The second-order valence-corrected chi connectivity index (χ2v) is 5.03. The molecule has 2 aromatic carbocycles. The Morgan fingerprint density at radius 3 is 2.48 bits per heavy atom. The number of nitrogens with one attached hydrogen (secondary N) is 1.